The number of hydrogen-bond donors (Lipinski definition) is 1. The smallest absolute Gasteiger partial charge is 0.234 e. The van der Waals surface area contributed by atoms with Gasteiger partial charge in [0, 0.05) is 17.4 Å². The summed E-state index contributed by atoms with van der Waals surface area (Å²) in [7, 11) is 0. The van der Waals surface area contributed by atoms with Crippen molar-refractivity contribution in [2.24, 2.45) is 0 Å². The van der Waals surface area contributed by atoms with Gasteiger partial charge in [-0.25, -0.2) is 0 Å². The minimum atomic E-state index is -0.199. The highest BCUT2D eigenvalue weighted by Crippen LogP contribution is 2.29. The Labute approximate surface area is 196 Å². The number of Topliss-reactive ketones (excluding diaryl/α,β-unsaturated/α-hetero) is 1. The molecule has 4 aromatic rings. The molecule has 0 aliphatic heterocycles. The van der Waals surface area contributed by atoms with Gasteiger partial charge in [-0.3, -0.25) is 19.1 Å². The van der Waals surface area contributed by atoms with Gasteiger partial charge in [0.15, 0.2) is 16.8 Å². The number of rotatable bonds is 7. The van der Waals surface area contributed by atoms with Gasteiger partial charge in [-0.15, -0.1) is 10.2 Å². The summed E-state index contributed by atoms with van der Waals surface area (Å²) in [6.07, 6.45) is 1.71. The zero-order valence-corrected chi connectivity index (χ0v) is 19.4. The first-order chi connectivity index (χ1) is 15.9. The predicted molar refractivity (Wildman–Crippen MR) is 130 cm³/mol. The Morgan fingerprint density at radius 2 is 1.85 bits per heavy atom. The van der Waals surface area contributed by atoms with Crippen molar-refractivity contribution < 1.29 is 9.59 Å². The summed E-state index contributed by atoms with van der Waals surface area (Å²) in [5, 5.41) is 12.2. The Morgan fingerprint density at radius 1 is 1.00 bits per heavy atom. The van der Waals surface area contributed by atoms with Crippen LogP contribution < -0.4 is 5.32 Å². The first-order valence-corrected chi connectivity index (χ1v) is 11.4. The number of aromatic nitrogens is 4. The minimum Gasteiger partial charge on any atom is -0.325 e. The van der Waals surface area contributed by atoms with Crippen LogP contribution in [-0.4, -0.2) is 37.2 Å². The van der Waals surface area contributed by atoms with Crippen LogP contribution in [0.1, 0.15) is 28.4 Å². The third kappa shape index (κ3) is 5.18. The van der Waals surface area contributed by atoms with Crippen LogP contribution in [0.4, 0.5) is 5.69 Å². The van der Waals surface area contributed by atoms with Gasteiger partial charge >= 0.3 is 0 Å². The molecule has 8 heteroatoms. The second-order valence-electron chi connectivity index (χ2n) is 7.62. The number of carbonyl (C=O) groups excluding carboxylic acids is 2. The Morgan fingerprint density at radius 3 is 2.58 bits per heavy atom. The van der Waals surface area contributed by atoms with Crippen LogP contribution in [-0.2, 0) is 4.79 Å². The van der Waals surface area contributed by atoms with Gasteiger partial charge in [0.25, 0.3) is 0 Å². The summed E-state index contributed by atoms with van der Waals surface area (Å²) >= 11 is 1.29. The molecule has 0 saturated carbocycles. The molecule has 0 aliphatic rings. The topological polar surface area (TPSA) is 89.8 Å². The first kappa shape index (κ1) is 22.4. The summed E-state index contributed by atoms with van der Waals surface area (Å²) in [6, 6.07) is 18.7. The van der Waals surface area contributed by atoms with E-state index in [1.54, 1.807) is 30.5 Å². The van der Waals surface area contributed by atoms with Gasteiger partial charge in [0.2, 0.25) is 5.91 Å². The SMILES string of the molecule is CC(=O)c1cccc(NC(=O)CSc2nnc(-c3ccccn3)n2-c2ccc(C)cc2C)c1. The quantitative estimate of drug-likeness (QED) is 0.314. The van der Waals surface area contributed by atoms with Crippen LogP contribution in [0.5, 0.6) is 0 Å². The molecule has 166 valence electrons. The van der Waals surface area contributed by atoms with E-state index in [1.165, 1.54) is 18.7 Å². The number of pyridine rings is 1. The lowest BCUT2D eigenvalue weighted by molar-refractivity contribution is -0.113. The normalized spacial score (nSPS) is 10.8. The lowest BCUT2D eigenvalue weighted by Gasteiger charge is -2.13. The zero-order valence-electron chi connectivity index (χ0n) is 18.6. The molecule has 2 aromatic carbocycles. The molecule has 0 bridgehead atoms. The van der Waals surface area contributed by atoms with Crippen molar-refractivity contribution in [3.05, 3.63) is 83.6 Å². The van der Waals surface area contributed by atoms with Gasteiger partial charge in [0.05, 0.1) is 11.4 Å². The van der Waals surface area contributed by atoms with Crippen molar-refractivity contribution in [1.82, 2.24) is 19.7 Å². The monoisotopic (exact) mass is 457 g/mol. The first-order valence-electron chi connectivity index (χ1n) is 10.4. The standard InChI is InChI=1S/C25H23N5O2S/c1-16-10-11-22(17(2)13-16)30-24(21-9-4-5-12-26-21)28-29-25(30)33-15-23(32)27-20-8-6-7-19(14-20)18(3)31/h4-14H,15H2,1-3H3,(H,27,32). The number of carbonyl (C=O) groups is 2. The molecule has 0 fully saturated rings. The van der Waals surface area contributed by atoms with Crippen molar-refractivity contribution in [2.45, 2.75) is 25.9 Å². The minimum absolute atomic E-state index is 0.0518. The summed E-state index contributed by atoms with van der Waals surface area (Å²) < 4.78 is 1.94. The number of amides is 1. The Hall–Kier alpha value is -3.78. The predicted octanol–water partition coefficient (Wildman–Crippen LogP) is 4.88. The van der Waals surface area contributed by atoms with E-state index < -0.39 is 0 Å². The van der Waals surface area contributed by atoms with E-state index in [9.17, 15) is 9.59 Å². The maximum Gasteiger partial charge on any atom is 0.234 e. The number of anilines is 1. The van der Waals surface area contributed by atoms with Gasteiger partial charge in [-0.2, -0.15) is 0 Å². The van der Waals surface area contributed by atoms with Crippen LogP contribution in [0.2, 0.25) is 0 Å². The molecule has 0 atom stereocenters. The van der Waals surface area contributed by atoms with E-state index in [1.807, 2.05) is 48.7 Å². The van der Waals surface area contributed by atoms with Crippen molar-refractivity contribution in [1.29, 1.82) is 0 Å². The van der Waals surface area contributed by atoms with Gasteiger partial charge in [0.1, 0.15) is 5.69 Å². The van der Waals surface area contributed by atoms with Crippen molar-refractivity contribution in [3.63, 3.8) is 0 Å². The highest BCUT2D eigenvalue weighted by molar-refractivity contribution is 7.99. The second kappa shape index (κ2) is 9.79. The van der Waals surface area contributed by atoms with E-state index in [4.69, 9.17) is 0 Å². The third-order valence-corrected chi connectivity index (χ3v) is 5.93. The number of ketones is 1. The number of hydrogen-bond acceptors (Lipinski definition) is 6. The van der Waals surface area contributed by atoms with Crippen LogP contribution in [0.15, 0.2) is 72.0 Å². The Kier molecular flexibility index (Phi) is 6.65. The lowest BCUT2D eigenvalue weighted by Crippen LogP contribution is -2.15. The highest BCUT2D eigenvalue weighted by Gasteiger charge is 2.19. The van der Waals surface area contributed by atoms with E-state index in [0.717, 1.165) is 16.8 Å². The van der Waals surface area contributed by atoms with Gasteiger partial charge in [-0.1, -0.05) is 47.7 Å². The molecule has 0 unspecified atom stereocenters. The fraction of sp³-hybridized carbons (Fsp3) is 0.160. The van der Waals surface area contributed by atoms with Gasteiger partial charge < -0.3 is 5.32 Å². The molecule has 2 heterocycles. The number of benzene rings is 2. The lowest BCUT2D eigenvalue weighted by atomic mass is 10.1. The molecule has 2 aromatic heterocycles. The van der Waals surface area contributed by atoms with Crippen molar-refractivity contribution in [3.8, 4) is 17.2 Å². The molecule has 1 amide bonds. The van der Waals surface area contributed by atoms with Gasteiger partial charge in [-0.05, 0) is 56.7 Å². The molecule has 4 rings (SSSR count). The second-order valence-corrected chi connectivity index (χ2v) is 8.56. The Bertz CT molecular complexity index is 1320. The molecule has 0 aliphatic carbocycles. The average molecular weight is 458 g/mol. The molecular formula is C25H23N5O2S. The van der Waals surface area contributed by atoms with Crippen LogP contribution in [0.25, 0.3) is 17.2 Å². The molecule has 1 N–H and O–H groups in total. The van der Waals surface area contributed by atoms with Crippen LogP contribution in [0.3, 0.4) is 0 Å². The summed E-state index contributed by atoms with van der Waals surface area (Å²) in [5.74, 6) is 0.495. The fourth-order valence-electron chi connectivity index (χ4n) is 3.44. The average Bonchev–Trinajstić information content (AvgIpc) is 3.22. The van der Waals surface area contributed by atoms with Crippen LogP contribution in [0, 0.1) is 13.8 Å². The number of nitrogens with zero attached hydrogens (tertiary/aromatic N) is 4. The summed E-state index contributed by atoms with van der Waals surface area (Å²) in [6.45, 7) is 5.58. The summed E-state index contributed by atoms with van der Waals surface area (Å²) in [4.78, 5) is 28.6. The third-order valence-electron chi connectivity index (χ3n) is 5.01. The number of aryl methyl sites for hydroxylation is 2. The zero-order chi connectivity index (χ0) is 23.4. The largest absolute Gasteiger partial charge is 0.325 e. The van der Waals surface area contributed by atoms with E-state index in [2.05, 4.69) is 26.6 Å². The maximum absolute atomic E-state index is 12.6. The summed E-state index contributed by atoms with van der Waals surface area (Å²) in [5.41, 5.74) is 4.99. The maximum atomic E-state index is 12.6. The van der Waals surface area contributed by atoms with E-state index in [0.29, 0.717) is 27.9 Å². The fourth-order valence-corrected chi connectivity index (χ4v) is 4.19. The van der Waals surface area contributed by atoms with Crippen LogP contribution >= 0.6 is 11.8 Å². The number of nitrogens with one attached hydrogen (secondary N) is 1. The molecule has 7 nitrogen and oxygen atoms in total. The molecule has 0 spiro atoms. The molecule has 0 radical (unpaired) electrons. The van der Waals surface area contributed by atoms with E-state index in [-0.39, 0.29) is 17.4 Å². The highest BCUT2D eigenvalue weighted by atomic mass is 32.2. The molecule has 33 heavy (non-hydrogen) atoms. The van der Waals surface area contributed by atoms with Crippen molar-refractivity contribution in [2.75, 3.05) is 11.1 Å². The van der Waals surface area contributed by atoms with E-state index >= 15 is 0 Å². The Balaban J connectivity index is 1.60. The van der Waals surface area contributed by atoms with Crippen molar-refractivity contribution >= 4 is 29.1 Å². The molecular weight excluding hydrogens is 434 g/mol. The number of thioether (sulfide) groups is 1. The molecule has 0 saturated heterocycles.